The van der Waals surface area contributed by atoms with Crippen LogP contribution in [0, 0.1) is 5.92 Å². The molecule has 1 unspecified atom stereocenters. The third-order valence-electron chi connectivity index (χ3n) is 4.14. The van der Waals surface area contributed by atoms with Crippen LogP contribution in [0.4, 0.5) is 10.6 Å². The van der Waals surface area contributed by atoms with Crippen molar-refractivity contribution in [3.05, 3.63) is 36.2 Å². The number of pyridine rings is 1. The van der Waals surface area contributed by atoms with Gasteiger partial charge in [-0.05, 0) is 59.1 Å². The van der Waals surface area contributed by atoms with Crippen LogP contribution in [0.25, 0.3) is 0 Å². The maximum absolute atomic E-state index is 12.4. The van der Waals surface area contributed by atoms with E-state index in [0.29, 0.717) is 11.4 Å². The molecule has 154 valence electrons. The predicted molar refractivity (Wildman–Crippen MR) is 108 cm³/mol. The molecule has 0 radical (unpaired) electrons. The third-order valence-corrected chi connectivity index (χ3v) is 4.14. The second-order valence-corrected chi connectivity index (χ2v) is 8.26. The number of nitrogens with zero attached hydrogens (tertiary/aromatic N) is 3. The molecule has 7 heteroatoms. The minimum atomic E-state index is -0.524. The highest BCUT2D eigenvalue weighted by Gasteiger charge is 2.26. The van der Waals surface area contributed by atoms with Gasteiger partial charge in [0.1, 0.15) is 17.0 Å². The van der Waals surface area contributed by atoms with Gasteiger partial charge in [0, 0.05) is 32.5 Å². The molecule has 28 heavy (non-hydrogen) atoms. The Morgan fingerprint density at radius 3 is 2.71 bits per heavy atom. The maximum Gasteiger partial charge on any atom is 0.414 e. The smallest absolute Gasteiger partial charge is 0.414 e. The number of esters is 1. The lowest BCUT2D eigenvalue weighted by Gasteiger charge is -2.23. The molecule has 1 aliphatic heterocycles. The van der Waals surface area contributed by atoms with Crippen molar-refractivity contribution in [2.45, 2.75) is 52.7 Å². The number of hydrogen-bond acceptors (Lipinski definition) is 6. The highest BCUT2D eigenvalue weighted by Crippen LogP contribution is 2.26. The fraction of sp³-hybridized carbons (Fsp3) is 0.571. The average Bonchev–Trinajstić information content (AvgIpc) is 3.06. The quantitative estimate of drug-likeness (QED) is 0.712. The summed E-state index contributed by atoms with van der Waals surface area (Å²) in [5.74, 6) is 0.534. The number of ether oxygens (including phenoxy) is 2. The van der Waals surface area contributed by atoms with Gasteiger partial charge in [-0.1, -0.05) is 6.08 Å². The van der Waals surface area contributed by atoms with Gasteiger partial charge in [0.25, 0.3) is 0 Å². The van der Waals surface area contributed by atoms with E-state index in [1.807, 2.05) is 40.7 Å². The molecular formula is C21H31N3O4. The van der Waals surface area contributed by atoms with Crippen LogP contribution in [-0.4, -0.2) is 53.8 Å². The van der Waals surface area contributed by atoms with Crippen molar-refractivity contribution >= 4 is 17.9 Å². The standard InChI is InChI=1S/C21H31N3O4/c1-15(2)27-19(25)17-8-7-11-22-18(17)24-13-10-16(14-24)9-12-23(6)20(26)28-21(3,4)5/h7-9,11-12,15-16H,10,13-14H2,1-6H3. The number of hydrogen-bond donors (Lipinski definition) is 0. The van der Waals surface area contributed by atoms with Crippen LogP contribution in [0.5, 0.6) is 0 Å². The van der Waals surface area contributed by atoms with Gasteiger partial charge in [0.05, 0.1) is 6.10 Å². The van der Waals surface area contributed by atoms with E-state index in [4.69, 9.17) is 9.47 Å². The molecule has 1 aromatic rings. The lowest BCUT2D eigenvalue weighted by Crippen LogP contribution is -2.31. The summed E-state index contributed by atoms with van der Waals surface area (Å²) < 4.78 is 10.7. The molecule has 7 nitrogen and oxygen atoms in total. The average molecular weight is 389 g/mol. The first-order valence-corrected chi connectivity index (χ1v) is 9.62. The maximum atomic E-state index is 12.4. The van der Waals surface area contributed by atoms with E-state index in [1.54, 1.807) is 31.6 Å². The molecule has 1 amide bonds. The van der Waals surface area contributed by atoms with Crippen molar-refractivity contribution in [3.8, 4) is 0 Å². The molecule has 1 aliphatic rings. The second kappa shape index (κ2) is 9.08. The largest absolute Gasteiger partial charge is 0.459 e. The molecule has 1 atom stereocenters. The summed E-state index contributed by atoms with van der Waals surface area (Å²) in [4.78, 5) is 32.3. The predicted octanol–water partition coefficient (Wildman–Crippen LogP) is 3.85. The molecule has 1 aromatic heterocycles. The SMILES string of the molecule is CC(C)OC(=O)c1cccnc1N1CCC(C=CN(C)C(=O)OC(C)(C)C)C1. The first kappa shape index (κ1) is 21.7. The van der Waals surface area contributed by atoms with E-state index < -0.39 is 5.60 Å². The summed E-state index contributed by atoms with van der Waals surface area (Å²) in [6.07, 6.45) is 5.77. The highest BCUT2D eigenvalue weighted by atomic mass is 16.6. The Bertz CT molecular complexity index is 725. The Labute approximate surface area is 167 Å². The van der Waals surface area contributed by atoms with Gasteiger partial charge in [-0.15, -0.1) is 0 Å². The first-order chi connectivity index (χ1) is 13.1. The normalized spacial score (nSPS) is 17.2. The van der Waals surface area contributed by atoms with E-state index in [1.165, 1.54) is 4.90 Å². The molecule has 0 spiro atoms. The fourth-order valence-electron chi connectivity index (χ4n) is 2.87. The monoisotopic (exact) mass is 389 g/mol. The number of carbonyl (C=O) groups is 2. The number of aromatic nitrogens is 1. The van der Waals surface area contributed by atoms with Crippen LogP contribution >= 0.6 is 0 Å². The third kappa shape index (κ3) is 6.25. The lowest BCUT2D eigenvalue weighted by molar-refractivity contribution is 0.0363. The van der Waals surface area contributed by atoms with Gasteiger partial charge in [-0.3, -0.25) is 4.90 Å². The number of carbonyl (C=O) groups excluding carboxylic acids is 2. The van der Waals surface area contributed by atoms with E-state index in [9.17, 15) is 9.59 Å². The fourth-order valence-corrected chi connectivity index (χ4v) is 2.87. The van der Waals surface area contributed by atoms with E-state index >= 15 is 0 Å². The Hall–Kier alpha value is -2.57. The Kier molecular flexibility index (Phi) is 7.05. The Morgan fingerprint density at radius 2 is 2.07 bits per heavy atom. The summed E-state index contributed by atoms with van der Waals surface area (Å²) in [7, 11) is 1.68. The van der Waals surface area contributed by atoms with E-state index in [2.05, 4.69) is 9.88 Å². The Balaban J connectivity index is 2.01. The van der Waals surface area contributed by atoms with E-state index in [-0.39, 0.29) is 24.1 Å². The molecule has 0 aliphatic carbocycles. The zero-order chi connectivity index (χ0) is 20.9. The van der Waals surface area contributed by atoms with Crippen LogP contribution in [0.1, 0.15) is 51.4 Å². The summed E-state index contributed by atoms with van der Waals surface area (Å²) in [5.41, 5.74) is -0.0461. The van der Waals surface area contributed by atoms with Crippen LogP contribution < -0.4 is 4.90 Å². The van der Waals surface area contributed by atoms with Gasteiger partial charge in [0.15, 0.2) is 0 Å². The summed E-state index contributed by atoms with van der Waals surface area (Å²) >= 11 is 0. The summed E-state index contributed by atoms with van der Waals surface area (Å²) in [6.45, 7) is 10.7. The topological polar surface area (TPSA) is 72.0 Å². The number of amides is 1. The van der Waals surface area contributed by atoms with Gasteiger partial charge in [-0.2, -0.15) is 0 Å². The molecule has 0 saturated carbocycles. The van der Waals surface area contributed by atoms with Gasteiger partial charge >= 0.3 is 12.1 Å². The molecule has 1 fully saturated rings. The second-order valence-electron chi connectivity index (χ2n) is 8.26. The van der Waals surface area contributed by atoms with Crippen molar-refractivity contribution in [2.24, 2.45) is 5.92 Å². The van der Waals surface area contributed by atoms with Crippen molar-refractivity contribution in [3.63, 3.8) is 0 Å². The van der Waals surface area contributed by atoms with Crippen molar-refractivity contribution in [1.82, 2.24) is 9.88 Å². The van der Waals surface area contributed by atoms with E-state index in [0.717, 1.165) is 19.5 Å². The number of rotatable bonds is 5. The lowest BCUT2D eigenvalue weighted by atomic mass is 10.1. The molecule has 2 heterocycles. The van der Waals surface area contributed by atoms with Gasteiger partial charge < -0.3 is 14.4 Å². The summed E-state index contributed by atoms with van der Waals surface area (Å²) in [6, 6.07) is 3.48. The summed E-state index contributed by atoms with van der Waals surface area (Å²) in [5, 5.41) is 0. The van der Waals surface area contributed by atoms with Crippen LogP contribution in [-0.2, 0) is 9.47 Å². The first-order valence-electron chi connectivity index (χ1n) is 9.62. The zero-order valence-corrected chi connectivity index (χ0v) is 17.6. The minimum absolute atomic E-state index is 0.182. The van der Waals surface area contributed by atoms with Gasteiger partial charge in [0.2, 0.25) is 0 Å². The zero-order valence-electron chi connectivity index (χ0n) is 17.6. The van der Waals surface area contributed by atoms with Crippen molar-refractivity contribution < 1.29 is 19.1 Å². The highest BCUT2D eigenvalue weighted by molar-refractivity contribution is 5.94. The van der Waals surface area contributed by atoms with Crippen molar-refractivity contribution in [2.75, 3.05) is 25.0 Å². The number of anilines is 1. The molecule has 0 aromatic carbocycles. The van der Waals surface area contributed by atoms with Crippen LogP contribution in [0.3, 0.4) is 0 Å². The molecule has 0 N–H and O–H groups in total. The Morgan fingerprint density at radius 1 is 1.36 bits per heavy atom. The van der Waals surface area contributed by atoms with Crippen LogP contribution in [0.2, 0.25) is 0 Å². The van der Waals surface area contributed by atoms with Gasteiger partial charge in [-0.25, -0.2) is 14.6 Å². The molecule has 0 bridgehead atoms. The molecule has 1 saturated heterocycles. The molecular weight excluding hydrogens is 358 g/mol. The minimum Gasteiger partial charge on any atom is -0.459 e. The molecule has 2 rings (SSSR count). The van der Waals surface area contributed by atoms with Crippen LogP contribution in [0.15, 0.2) is 30.6 Å². The van der Waals surface area contributed by atoms with Crippen molar-refractivity contribution in [1.29, 1.82) is 0 Å².